The molecule has 1 heterocycles. The summed E-state index contributed by atoms with van der Waals surface area (Å²) in [7, 11) is 1.71. The lowest BCUT2D eigenvalue weighted by molar-refractivity contribution is -0.186. The second-order valence-electron chi connectivity index (χ2n) is 6.34. The van der Waals surface area contributed by atoms with Crippen LogP contribution in [0.1, 0.15) is 43.5 Å². The van der Waals surface area contributed by atoms with Crippen LogP contribution in [-0.2, 0) is 14.3 Å². The zero-order valence-electron chi connectivity index (χ0n) is 14.3. The van der Waals surface area contributed by atoms with E-state index >= 15 is 0 Å². The number of ether oxygens (including phenoxy) is 2. The second kappa shape index (κ2) is 6.76. The average molecular weight is 349 g/mol. The summed E-state index contributed by atoms with van der Waals surface area (Å²) in [5, 5.41) is 2.80. The number of carbonyl (C=O) groups excluding carboxylic acids is 2. The molecule has 3 rings (SSSR count). The molecule has 2 aliphatic rings. The van der Waals surface area contributed by atoms with Gasteiger partial charge in [-0.05, 0) is 31.0 Å². The molecule has 130 valence electrons. The van der Waals surface area contributed by atoms with Gasteiger partial charge >= 0.3 is 5.97 Å². The van der Waals surface area contributed by atoms with Crippen molar-refractivity contribution in [1.82, 2.24) is 0 Å². The van der Waals surface area contributed by atoms with Crippen molar-refractivity contribution in [1.29, 1.82) is 0 Å². The number of hydrogen-bond acceptors (Lipinski definition) is 5. The highest BCUT2D eigenvalue weighted by Crippen LogP contribution is 2.50. The number of nitrogens with one attached hydrogen (secondary N) is 1. The van der Waals surface area contributed by atoms with Crippen LogP contribution in [0.15, 0.2) is 23.1 Å². The summed E-state index contributed by atoms with van der Waals surface area (Å²) in [5.74, 6) is 0.0247. The number of esters is 1. The Morgan fingerprint density at radius 1 is 1.33 bits per heavy atom. The van der Waals surface area contributed by atoms with Gasteiger partial charge in [0.1, 0.15) is 6.10 Å². The van der Waals surface area contributed by atoms with Gasteiger partial charge in [0.15, 0.2) is 0 Å². The van der Waals surface area contributed by atoms with E-state index in [-0.39, 0.29) is 29.5 Å². The third-order valence-electron chi connectivity index (χ3n) is 5.41. The summed E-state index contributed by atoms with van der Waals surface area (Å²) in [6.45, 7) is 4.22. The first-order valence-electron chi connectivity index (χ1n) is 8.34. The standard InChI is InChI=1S/C18H23NO4S/c1-4-18(5-2)14(22-3)9-15(18)23-17(21)11-6-7-13-12(8-11)19-16(20)10-24-13/h6-8,14-15H,4-5,9-10H2,1-3H3,(H,19,20)/t14-,15+/m1/s1. The van der Waals surface area contributed by atoms with Gasteiger partial charge in [-0.25, -0.2) is 4.79 Å². The Morgan fingerprint density at radius 3 is 2.75 bits per heavy atom. The van der Waals surface area contributed by atoms with Crippen molar-refractivity contribution in [2.24, 2.45) is 5.41 Å². The van der Waals surface area contributed by atoms with Gasteiger partial charge in [0.2, 0.25) is 5.91 Å². The van der Waals surface area contributed by atoms with E-state index in [1.807, 2.05) is 6.07 Å². The fourth-order valence-corrected chi connectivity index (χ4v) is 4.56. The topological polar surface area (TPSA) is 64.6 Å². The van der Waals surface area contributed by atoms with Crippen molar-refractivity contribution in [3.63, 3.8) is 0 Å². The number of thioether (sulfide) groups is 1. The molecule has 1 aliphatic heterocycles. The third-order valence-corrected chi connectivity index (χ3v) is 6.48. The fraction of sp³-hybridized carbons (Fsp3) is 0.556. The second-order valence-corrected chi connectivity index (χ2v) is 7.36. The van der Waals surface area contributed by atoms with Crippen molar-refractivity contribution in [3.8, 4) is 0 Å². The maximum absolute atomic E-state index is 12.5. The Bertz CT molecular complexity index is 656. The van der Waals surface area contributed by atoms with Crippen molar-refractivity contribution >= 4 is 29.3 Å². The fourth-order valence-electron chi connectivity index (χ4n) is 3.78. The predicted octanol–water partition coefficient (Wildman–Crippen LogP) is 3.48. The highest BCUT2D eigenvalue weighted by molar-refractivity contribution is 8.00. The summed E-state index contributed by atoms with van der Waals surface area (Å²) in [5.41, 5.74) is 1.06. The highest BCUT2D eigenvalue weighted by Gasteiger charge is 2.55. The maximum Gasteiger partial charge on any atom is 0.338 e. The zero-order valence-corrected chi connectivity index (χ0v) is 15.1. The Labute approximate surface area is 146 Å². The number of anilines is 1. The summed E-state index contributed by atoms with van der Waals surface area (Å²) in [4.78, 5) is 25.0. The van der Waals surface area contributed by atoms with Gasteiger partial charge in [0, 0.05) is 23.8 Å². The number of fused-ring (bicyclic) bond motifs is 1. The quantitative estimate of drug-likeness (QED) is 0.825. The molecule has 0 radical (unpaired) electrons. The maximum atomic E-state index is 12.5. The number of hydrogen-bond donors (Lipinski definition) is 1. The van der Waals surface area contributed by atoms with Crippen molar-refractivity contribution in [3.05, 3.63) is 23.8 Å². The van der Waals surface area contributed by atoms with Gasteiger partial charge in [0.05, 0.1) is 23.1 Å². The first kappa shape index (κ1) is 17.3. The van der Waals surface area contributed by atoms with Crippen LogP contribution in [0.5, 0.6) is 0 Å². The van der Waals surface area contributed by atoms with Crippen molar-refractivity contribution in [2.45, 2.75) is 50.2 Å². The van der Waals surface area contributed by atoms with E-state index in [1.54, 1.807) is 19.2 Å². The molecule has 0 unspecified atom stereocenters. The van der Waals surface area contributed by atoms with Crippen LogP contribution in [0.3, 0.4) is 0 Å². The molecule has 0 aromatic heterocycles. The average Bonchev–Trinajstić information content (AvgIpc) is 2.58. The van der Waals surface area contributed by atoms with E-state index in [4.69, 9.17) is 9.47 Å². The van der Waals surface area contributed by atoms with E-state index in [1.165, 1.54) is 11.8 Å². The first-order valence-corrected chi connectivity index (χ1v) is 9.33. The molecule has 1 aromatic rings. The summed E-state index contributed by atoms with van der Waals surface area (Å²) >= 11 is 1.48. The lowest BCUT2D eigenvalue weighted by atomic mass is 9.60. The molecular weight excluding hydrogens is 326 g/mol. The van der Waals surface area contributed by atoms with Crippen LogP contribution < -0.4 is 5.32 Å². The molecule has 24 heavy (non-hydrogen) atoms. The smallest absolute Gasteiger partial charge is 0.338 e. The molecule has 0 spiro atoms. The molecule has 1 amide bonds. The molecule has 1 aliphatic carbocycles. The molecule has 0 bridgehead atoms. The Kier molecular flexibility index (Phi) is 4.88. The third kappa shape index (κ3) is 2.82. The molecular formula is C18H23NO4S. The van der Waals surface area contributed by atoms with Crippen molar-refractivity contribution in [2.75, 3.05) is 18.2 Å². The molecule has 5 nitrogen and oxygen atoms in total. The number of rotatable bonds is 5. The van der Waals surface area contributed by atoms with E-state index in [9.17, 15) is 9.59 Å². The normalized spacial score (nSPS) is 24.5. The van der Waals surface area contributed by atoms with Crippen LogP contribution in [0.2, 0.25) is 0 Å². The van der Waals surface area contributed by atoms with Gasteiger partial charge in [-0.1, -0.05) is 13.8 Å². The van der Waals surface area contributed by atoms with Crippen LogP contribution in [-0.4, -0.2) is 36.9 Å². The lowest BCUT2D eigenvalue weighted by Gasteiger charge is -2.53. The Morgan fingerprint density at radius 2 is 2.08 bits per heavy atom. The molecule has 1 fully saturated rings. The predicted molar refractivity (Wildman–Crippen MR) is 93.4 cm³/mol. The minimum atomic E-state index is -0.339. The molecule has 1 N–H and O–H groups in total. The minimum Gasteiger partial charge on any atom is -0.458 e. The Balaban J connectivity index is 1.74. The molecule has 1 saturated carbocycles. The van der Waals surface area contributed by atoms with E-state index < -0.39 is 0 Å². The van der Waals surface area contributed by atoms with E-state index in [2.05, 4.69) is 19.2 Å². The molecule has 0 saturated heterocycles. The van der Waals surface area contributed by atoms with Crippen LogP contribution >= 0.6 is 11.8 Å². The minimum absolute atomic E-state index is 0.0454. The SMILES string of the molecule is CCC1(CC)[C@@H](OC(=O)c2ccc3c(c2)NC(=O)CS3)C[C@H]1OC. The Hall–Kier alpha value is -1.53. The zero-order chi connectivity index (χ0) is 17.3. The van der Waals surface area contributed by atoms with Gasteiger partial charge in [-0.2, -0.15) is 0 Å². The molecule has 2 atom stereocenters. The largest absolute Gasteiger partial charge is 0.458 e. The lowest BCUT2D eigenvalue weighted by Crippen LogP contribution is -2.58. The van der Waals surface area contributed by atoms with E-state index in [0.717, 1.165) is 24.2 Å². The summed E-state index contributed by atoms with van der Waals surface area (Å²) in [6.07, 6.45) is 2.59. The molecule has 6 heteroatoms. The molecule has 1 aromatic carbocycles. The van der Waals surface area contributed by atoms with E-state index in [0.29, 0.717) is 17.0 Å². The highest BCUT2D eigenvalue weighted by atomic mass is 32.2. The van der Waals surface area contributed by atoms with Crippen LogP contribution in [0.4, 0.5) is 5.69 Å². The van der Waals surface area contributed by atoms with Gasteiger partial charge < -0.3 is 14.8 Å². The van der Waals surface area contributed by atoms with Gasteiger partial charge in [-0.15, -0.1) is 11.8 Å². The van der Waals surface area contributed by atoms with Gasteiger partial charge in [0.25, 0.3) is 0 Å². The van der Waals surface area contributed by atoms with Crippen LogP contribution in [0.25, 0.3) is 0 Å². The van der Waals surface area contributed by atoms with Crippen LogP contribution in [0, 0.1) is 5.41 Å². The number of amides is 1. The summed E-state index contributed by atoms with van der Waals surface area (Å²) in [6, 6.07) is 5.33. The van der Waals surface area contributed by atoms with Crippen molar-refractivity contribution < 1.29 is 19.1 Å². The monoisotopic (exact) mass is 349 g/mol. The number of methoxy groups -OCH3 is 1. The summed E-state index contributed by atoms with van der Waals surface area (Å²) < 4.78 is 11.3. The number of carbonyl (C=O) groups is 2. The number of benzene rings is 1. The van der Waals surface area contributed by atoms with Gasteiger partial charge in [-0.3, -0.25) is 4.79 Å². The first-order chi connectivity index (χ1) is 11.5.